The Morgan fingerprint density at radius 3 is 2.70 bits per heavy atom. The summed E-state index contributed by atoms with van der Waals surface area (Å²) in [6, 6.07) is 5.66. The van der Waals surface area contributed by atoms with E-state index in [2.05, 4.69) is 0 Å². The van der Waals surface area contributed by atoms with Crippen LogP contribution in [-0.4, -0.2) is 36.5 Å². The van der Waals surface area contributed by atoms with Gasteiger partial charge in [-0.25, -0.2) is 9.18 Å². The second-order valence-electron chi connectivity index (χ2n) is 4.89. The molecule has 0 N–H and O–H groups in total. The zero-order valence-electron chi connectivity index (χ0n) is 11.5. The summed E-state index contributed by atoms with van der Waals surface area (Å²) < 4.78 is 17.5. The molecule has 1 aromatic carbocycles. The molecule has 0 bridgehead atoms. The lowest BCUT2D eigenvalue weighted by atomic mass is 10.1. The van der Waals surface area contributed by atoms with Crippen LogP contribution in [0.5, 0.6) is 0 Å². The zero-order chi connectivity index (χ0) is 14.5. The van der Waals surface area contributed by atoms with Crippen LogP contribution in [0.4, 0.5) is 4.39 Å². The van der Waals surface area contributed by atoms with Gasteiger partial charge in [0.15, 0.2) is 0 Å². The zero-order valence-corrected chi connectivity index (χ0v) is 11.5. The first-order valence-electron chi connectivity index (χ1n) is 6.73. The fraction of sp³-hybridized carbons (Fsp3) is 0.467. The highest BCUT2D eigenvalue weighted by atomic mass is 19.1. The number of ether oxygens (including phenoxy) is 1. The van der Waals surface area contributed by atoms with Crippen LogP contribution >= 0.6 is 0 Å². The number of esters is 1. The molecule has 1 heterocycles. The van der Waals surface area contributed by atoms with Gasteiger partial charge in [0, 0.05) is 13.0 Å². The topological polar surface area (TPSA) is 46.6 Å². The minimum Gasteiger partial charge on any atom is -0.467 e. The van der Waals surface area contributed by atoms with Gasteiger partial charge >= 0.3 is 5.97 Å². The highest BCUT2D eigenvalue weighted by Crippen LogP contribution is 2.20. The molecule has 0 aromatic heterocycles. The predicted octanol–water partition coefficient (Wildman–Crippen LogP) is 1.92. The number of amides is 1. The molecule has 1 amide bonds. The van der Waals surface area contributed by atoms with Crippen molar-refractivity contribution in [2.24, 2.45) is 0 Å². The Hall–Kier alpha value is -1.91. The van der Waals surface area contributed by atoms with Crippen molar-refractivity contribution in [2.45, 2.75) is 31.7 Å². The van der Waals surface area contributed by atoms with Crippen LogP contribution in [0, 0.1) is 5.82 Å². The number of aryl methyl sites for hydroxylation is 1. The van der Waals surface area contributed by atoms with Crippen LogP contribution in [0.25, 0.3) is 0 Å². The van der Waals surface area contributed by atoms with Gasteiger partial charge in [-0.15, -0.1) is 0 Å². The van der Waals surface area contributed by atoms with Crippen molar-refractivity contribution in [3.8, 4) is 0 Å². The average molecular weight is 279 g/mol. The van der Waals surface area contributed by atoms with E-state index in [0.717, 1.165) is 12.0 Å². The highest BCUT2D eigenvalue weighted by Gasteiger charge is 2.34. The SMILES string of the molecule is COC(=O)C1CCCN1C(=O)CCc1ccc(F)cc1. The minimum absolute atomic E-state index is 0.0535. The molecule has 1 aliphatic heterocycles. The lowest BCUT2D eigenvalue weighted by Gasteiger charge is -2.22. The van der Waals surface area contributed by atoms with Gasteiger partial charge in [0.05, 0.1) is 7.11 Å². The van der Waals surface area contributed by atoms with Crippen LogP contribution < -0.4 is 0 Å². The molecule has 5 heteroatoms. The van der Waals surface area contributed by atoms with E-state index in [-0.39, 0.29) is 17.7 Å². The summed E-state index contributed by atoms with van der Waals surface area (Å²) in [7, 11) is 1.34. The Morgan fingerprint density at radius 2 is 2.05 bits per heavy atom. The minimum atomic E-state index is -0.444. The van der Waals surface area contributed by atoms with E-state index in [0.29, 0.717) is 25.8 Å². The molecule has 1 atom stereocenters. The maximum absolute atomic E-state index is 12.8. The van der Waals surface area contributed by atoms with Gasteiger partial charge in [0.1, 0.15) is 11.9 Å². The first kappa shape index (κ1) is 14.5. The van der Waals surface area contributed by atoms with Crippen molar-refractivity contribution in [1.82, 2.24) is 4.90 Å². The highest BCUT2D eigenvalue weighted by molar-refractivity contribution is 5.85. The molecular weight excluding hydrogens is 261 g/mol. The molecule has 2 rings (SSSR count). The van der Waals surface area contributed by atoms with Crippen LogP contribution in [-0.2, 0) is 20.7 Å². The molecular formula is C15H18FNO3. The van der Waals surface area contributed by atoms with Crippen molar-refractivity contribution in [2.75, 3.05) is 13.7 Å². The smallest absolute Gasteiger partial charge is 0.328 e. The Balaban J connectivity index is 1.91. The fourth-order valence-electron chi connectivity index (χ4n) is 2.49. The summed E-state index contributed by atoms with van der Waals surface area (Å²) in [5, 5.41) is 0. The second kappa shape index (κ2) is 6.50. The standard InChI is InChI=1S/C15H18FNO3/c1-20-15(19)13-3-2-10-17(13)14(18)9-6-11-4-7-12(16)8-5-11/h4-5,7-8,13H,2-3,6,9-10H2,1H3. The number of halogens is 1. The number of carbonyl (C=O) groups excluding carboxylic acids is 2. The molecule has 108 valence electrons. The summed E-state index contributed by atoms with van der Waals surface area (Å²) in [5.74, 6) is -0.690. The van der Waals surface area contributed by atoms with Crippen LogP contribution in [0.3, 0.4) is 0 Å². The molecule has 1 aliphatic rings. The third-order valence-corrected chi connectivity index (χ3v) is 3.59. The Morgan fingerprint density at radius 1 is 1.35 bits per heavy atom. The van der Waals surface area contributed by atoms with Gasteiger partial charge in [0.25, 0.3) is 0 Å². The lowest BCUT2D eigenvalue weighted by molar-refractivity contribution is -0.150. The second-order valence-corrected chi connectivity index (χ2v) is 4.89. The Labute approximate surface area is 117 Å². The monoisotopic (exact) mass is 279 g/mol. The summed E-state index contributed by atoms with van der Waals surface area (Å²) >= 11 is 0. The van der Waals surface area contributed by atoms with E-state index in [4.69, 9.17) is 4.74 Å². The predicted molar refractivity (Wildman–Crippen MR) is 71.5 cm³/mol. The van der Waals surface area contributed by atoms with E-state index in [1.165, 1.54) is 19.2 Å². The quantitative estimate of drug-likeness (QED) is 0.791. The molecule has 0 spiro atoms. The van der Waals surface area contributed by atoms with E-state index >= 15 is 0 Å². The first-order valence-corrected chi connectivity index (χ1v) is 6.73. The first-order chi connectivity index (χ1) is 9.61. The maximum atomic E-state index is 12.8. The summed E-state index contributed by atoms with van der Waals surface area (Å²) in [6.45, 7) is 0.599. The molecule has 0 saturated carbocycles. The molecule has 0 aliphatic carbocycles. The van der Waals surface area contributed by atoms with E-state index in [9.17, 15) is 14.0 Å². The van der Waals surface area contributed by atoms with E-state index in [1.54, 1.807) is 17.0 Å². The van der Waals surface area contributed by atoms with Gasteiger partial charge in [-0.2, -0.15) is 0 Å². The van der Waals surface area contributed by atoms with Crippen LogP contribution in [0.2, 0.25) is 0 Å². The molecule has 1 saturated heterocycles. The number of carbonyl (C=O) groups is 2. The van der Waals surface area contributed by atoms with E-state index < -0.39 is 6.04 Å². The Bertz CT molecular complexity index is 486. The number of hydrogen-bond acceptors (Lipinski definition) is 3. The molecule has 4 nitrogen and oxygen atoms in total. The number of hydrogen-bond donors (Lipinski definition) is 0. The van der Waals surface area contributed by atoms with Gasteiger partial charge in [-0.1, -0.05) is 12.1 Å². The average Bonchev–Trinajstić information content (AvgIpc) is 2.95. The molecule has 1 aromatic rings. The number of rotatable bonds is 4. The lowest BCUT2D eigenvalue weighted by Crippen LogP contribution is -2.41. The molecule has 0 radical (unpaired) electrons. The van der Waals surface area contributed by atoms with Gasteiger partial charge in [-0.05, 0) is 37.0 Å². The molecule has 1 fully saturated rings. The maximum Gasteiger partial charge on any atom is 0.328 e. The van der Waals surface area contributed by atoms with Gasteiger partial charge in [0.2, 0.25) is 5.91 Å². The van der Waals surface area contributed by atoms with Gasteiger partial charge < -0.3 is 9.64 Å². The normalized spacial score (nSPS) is 18.1. The van der Waals surface area contributed by atoms with Crippen molar-refractivity contribution in [1.29, 1.82) is 0 Å². The van der Waals surface area contributed by atoms with Crippen molar-refractivity contribution >= 4 is 11.9 Å². The van der Waals surface area contributed by atoms with Gasteiger partial charge in [-0.3, -0.25) is 4.79 Å². The van der Waals surface area contributed by atoms with E-state index in [1.807, 2.05) is 0 Å². The van der Waals surface area contributed by atoms with Crippen molar-refractivity contribution in [3.05, 3.63) is 35.6 Å². The fourth-order valence-corrected chi connectivity index (χ4v) is 2.49. The third kappa shape index (κ3) is 3.35. The number of methoxy groups -OCH3 is 1. The third-order valence-electron chi connectivity index (χ3n) is 3.59. The molecule has 20 heavy (non-hydrogen) atoms. The number of benzene rings is 1. The van der Waals surface area contributed by atoms with Crippen LogP contribution in [0.15, 0.2) is 24.3 Å². The summed E-state index contributed by atoms with van der Waals surface area (Å²) in [5.41, 5.74) is 0.911. The molecule has 1 unspecified atom stereocenters. The van der Waals surface area contributed by atoms with Crippen molar-refractivity contribution in [3.63, 3.8) is 0 Å². The number of nitrogens with zero attached hydrogens (tertiary/aromatic N) is 1. The van der Waals surface area contributed by atoms with Crippen LogP contribution in [0.1, 0.15) is 24.8 Å². The Kier molecular flexibility index (Phi) is 4.71. The van der Waals surface area contributed by atoms with Crippen molar-refractivity contribution < 1.29 is 18.7 Å². The summed E-state index contributed by atoms with van der Waals surface area (Å²) in [6.07, 6.45) is 2.35. The number of likely N-dealkylation sites (tertiary alicyclic amines) is 1. The summed E-state index contributed by atoms with van der Waals surface area (Å²) in [4.78, 5) is 25.3. The largest absolute Gasteiger partial charge is 0.467 e.